The molecular weight excluding hydrogens is 348 g/mol. The van der Waals surface area contributed by atoms with Gasteiger partial charge in [0.05, 0.1) is 0 Å². The number of nitrogens with zero attached hydrogens (tertiary/aromatic N) is 1. The lowest BCUT2D eigenvalue weighted by Gasteiger charge is -2.39. The topological polar surface area (TPSA) is 49.4 Å². The fraction of sp³-hybridized carbons (Fsp3) is 0.167. The van der Waals surface area contributed by atoms with Crippen LogP contribution in [0.1, 0.15) is 22.7 Å². The molecular formula is C24H22N2O2. The van der Waals surface area contributed by atoms with Crippen LogP contribution < -0.4 is 5.32 Å². The minimum atomic E-state index is -0.649. The molecule has 0 saturated carbocycles. The van der Waals surface area contributed by atoms with Gasteiger partial charge in [0, 0.05) is 13.0 Å². The number of nitrogens with one attached hydrogen (secondary N) is 1. The predicted octanol–water partition coefficient (Wildman–Crippen LogP) is 3.50. The molecule has 1 fully saturated rings. The smallest absolute Gasteiger partial charge is 0.250 e. The number of hydrogen-bond donors (Lipinski definition) is 1. The minimum Gasteiger partial charge on any atom is -0.339 e. The molecule has 2 atom stereocenters. The van der Waals surface area contributed by atoms with Crippen molar-refractivity contribution >= 4 is 11.8 Å². The second-order valence-corrected chi connectivity index (χ2v) is 7.01. The van der Waals surface area contributed by atoms with Gasteiger partial charge in [0.15, 0.2) is 0 Å². The number of benzene rings is 3. The number of amides is 2. The number of carbonyl (C=O) groups excluding carboxylic acids is 2. The highest BCUT2D eigenvalue weighted by Gasteiger charge is 2.41. The van der Waals surface area contributed by atoms with Gasteiger partial charge in [-0.2, -0.15) is 0 Å². The van der Waals surface area contributed by atoms with E-state index in [-0.39, 0.29) is 11.8 Å². The molecule has 0 unspecified atom stereocenters. The first-order valence-corrected chi connectivity index (χ1v) is 9.46. The Kier molecular flexibility index (Phi) is 5.20. The monoisotopic (exact) mass is 370 g/mol. The molecule has 0 aliphatic carbocycles. The predicted molar refractivity (Wildman–Crippen MR) is 108 cm³/mol. The lowest BCUT2D eigenvalue weighted by atomic mass is 9.95. The SMILES string of the molecule is O=C1N[C@H](c2ccccc2)C(=O)N(Cc2ccccc2)[C@H]1Cc1ccccc1. The van der Waals surface area contributed by atoms with E-state index in [0.717, 1.165) is 16.7 Å². The molecule has 3 aromatic rings. The molecule has 4 rings (SSSR count). The molecule has 1 aliphatic heterocycles. The number of rotatable bonds is 5. The van der Waals surface area contributed by atoms with E-state index in [1.54, 1.807) is 4.90 Å². The Morgan fingerprint density at radius 1 is 0.714 bits per heavy atom. The third-order valence-electron chi connectivity index (χ3n) is 5.10. The summed E-state index contributed by atoms with van der Waals surface area (Å²) in [5.41, 5.74) is 2.85. The molecule has 1 saturated heterocycles. The lowest BCUT2D eigenvalue weighted by molar-refractivity contribution is -0.150. The lowest BCUT2D eigenvalue weighted by Crippen LogP contribution is -2.59. The highest BCUT2D eigenvalue weighted by Crippen LogP contribution is 2.25. The van der Waals surface area contributed by atoms with Gasteiger partial charge < -0.3 is 10.2 Å². The molecule has 28 heavy (non-hydrogen) atoms. The zero-order chi connectivity index (χ0) is 19.3. The van der Waals surface area contributed by atoms with E-state index in [9.17, 15) is 9.59 Å². The molecule has 4 nitrogen and oxygen atoms in total. The highest BCUT2D eigenvalue weighted by atomic mass is 16.2. The standard InChI is InChI=1S/C24H22N2O2/c27-23-21(16-18-10-4-1-5-11-18)26(17-19-12-6-2-7-13-19)24(28)22(25-23)20-14-8-3-9-15-20/h1-15,21-22H,16-17H2,(H,25,27)/t21-,22+/m0/s1. The van der Waals surface area contributed by atoms with E-state index in [4.69, 9.17) is 0 Å². The Bertz CT molecular complexity index is 942. The van der Waals surface area contributed by atoms with Gasteiger partial charge in [0.1, 0.15) is 12.1 Å². The van der Waals surface area contributed by atoms with Gasteiger partial charge in [-0.1, -0.05) is 91.0 Å². The van der Waals surface area contributed by atoms with Crippen molar-refractivity contribution in [1.29, 1.82) is 0 Å². The summed E-state index contributed by atoms with van der Waals surface area (Å²) in [7, 11) is 0. The van der Waals surface area contributed by atoms with Gasteiger partial charge in [-0.25, -0.2) is 0 Å². The molecule has 0 radical (unpaired) electrons. The normalized spacial score (nSPS) is 19.4. The summed E-state index contributed by atoms with van der Waals surface area (Å²) in [5.74, 6) is -0.191. The fourth-order valence-electron chi connectivity index (χ4n) is 3.64. The molecule has 1 heterocycles. The molecule has 0 spiro atoms. The summed E-state index contributed by atoms with van der Waals surface area (Å²) in [5, 5.41) is 2.94. The number of hydrogen-bond acceptors (Lipinski definition) is 2. The third-order valence-corrected chi connectivity index (χ3v) is 5.10. The summed E-state index contributed by atoms with van der Waals surface area (Å²) in [6, 6.07) is 27.9. The van der Waals surface area contributed by atoms with Crippen LogP contribution in [0, 0.1) is 0 Å². The number of piperazine rings is 1. The van der Waals surface area contributed by atoms with Crippen LogP contribution in [0.3, 0.4) is 0 Å². The summed E-state index contributed by atoms with van der Waals surface area (Å²) in [4.78, 5) is 28.1. The Morgan fingerprint density at radius 3 is 1.86 bits per heavy atom. The van der Waals surface area contributed by atoms with Crippen molar-refractivity contribution in [3.8, 4) is 0 Å². The van der Waals surface area contributed by atoms with E-state index < -0.39 is 12.1 Å². The van der Waals surface area contributed by atoms with E-state index in [0.29, 0.717) is 13.0 Å². The molecule has 1 N–H and O–H groups in total. The van der Waals surface area contributed by atoms with Crippen LogP contribution in [0.25, 0.3) is 0 Å². The van der Waals surface area contributed by atoms with Crippen LogP contribution in [0.2, 0.25) is 0 Å². The first-order chi connectivity index (χ1) is 13.7. The molecule has 1 aliphatic rings. The van der Waals surface area contributed by atoms with Crippen molar-refractivity contribution in [2.75, 3.05) is 0 Å². The first-order valence-electron chi connectivity index (χ1n) is 9.46. The van der Waals surface area contributed by atoms with E-state index in [2.05, 4.69) is 5.32 Å². The van der Waals surface area contributed by atoms with Crippen LogP contribution in [0.5, 0.6) is 0 Å². The summed E-state index contributed by atoms with van der Waals surface area (Å²) < 4.78 is 0. The Labute approximate surface area is 164 Å². The van der Waals surface area contributed by atoms with Crippen molar-refractivity contribution < 1.29 is 9.59 Å². The first kappa shape index (κ1) is 18.0. The van der Waals surface area contributed by atoms with Crippen molar-refractivity contribution in [3.05, 3.63) is 108 Å². The van der Waals surface area contributed by atoms with Gasteiger partial charge in [0.25, 0.3) is 5.91 Å². The molecule has 0 bridgehead atoms. The minimum absolute atomic E-state index is 0.0735. The average molecular weight is 370 g/mol. The quantitative estimate of drug-likeness (QED) is 0.747. The molecule has 0 aromatic heterocycles. The number of carbonyl (C=O) groups is 2. The van der Waals surface area contributed by atoms with Crippen molar-refractivity contribution in [1.82, 2.24) is 10.2 Å². The maximum Gasteiger partial charge on any atom is 0.250 e. The van der Waals surface area contributed by atoms with Crippen molar-refractivity contribution in [2.24, 2.45) is 0 Å². The van der Waals surface area contributed by atoms with E-state index >= 15 is 0 Å². The van der Waals surface area contributed by atoms with Crippen molar-refractivity contribution in [2.45, 2.75) is 25.0 Å². The highest BCUT2D eigenvalue weighted by molar-refractivity contribution is 5.97. The summed E-state index contributed by atoms with van der Waals surface area (Å²) in [6.45, 7) is 0.411. The van der Waals surface area contributed by atoms with Crippen LogP contribution >= 0.6 is 0 Å². The molecule has 140 valence electrons. The second-order valence-electron chi connectivity index (χ2n) is 7.01. The zero-order valence-electron chi connectivity index (χ0n) is 15.5. The molecule has 3 aromatic carbocycles. The van der Waals surface area contributed by atoms with Gasteiger partial charge in [-0.15, -0.1) is 0 Å². The summed E-state index contributed by atoms with van der Waals surface area (Å²) >= 11 is 0. The Hall–Kier alpha value is -3.40. The van der Waals surface area contributed by atoms with Crippen LogP contribution in [0.15, 0.2) is 91.0 Å². The van der Waals surface area contributed by atoms with Crippen LogP contribution in [0.4, 0.5) is 0 Å². The van der Waals surface area contributed by atoms with Crippen LogP contribution in [-0.2, 0) is 22.6 Å². The maximum atomic E-state index is 13.4. The average Bonchev–Trinajstić information content (AvgIpc) is 2.75. The summed E-state index contributed by atoms with van der Waals surface area (Å²) in [6.07, 6.45) is 0.493. The largest absolute Gasteiger partial charge is 0.339 e. The Morgan fingerprint density at radius 2 is 1.25 bits per heavy atom. The Balaban J connectivity index is 1.66. The van der Waals surface area contributed by atoms with Gasteiger partial charge in [0.2, 0.25) is 5.91 Å². The molecule has 2 amide bonds. The van der Waals surface area contributed by atoms with Crippen LogP contribution in [-0.4, -0.2) is 22.8 Å². The van der Waals surface area contributed by atoms with Gasteiger partial charge in [-0.3, -0.25) is 9.59 Å². The molecule has 4 heteroatoms. The zero-order valence-corrected chi connectivity index (χ0v) is 15.5. The van der Waals surface area contributed by atoms with E-state index in [1.807, 2.05) is 91.0 Å². The van der Waals surface area contributed by atoms with Crippen molar-refractivity contribution in [3.63, 3.8) is 0 Å². The fourth-order valence-corrected chi connectivity index (χ4v) is 3.64. The van der Waals surface area contributed by atoms with Gasteiger partial charge >= 0.3 is 0 Å². The third kappa shape index (κ3) is 3.81. The maximum absolute atomic E-state index is 13.4. The van der Waals surface area contributed by atoms with E-state index in [1.165, 1.54) is 0 Å². The second kappa shape index (κ2) is 8.09. The van der Waals surface area contributed by atoms with Gasteiger partial charge in [-0.05, 0) is 16.7 Å².